The summed E-state index contributed by atoms with van der Waals surface area (Å²) >= 11 is 0. The van der Waals surface area contributed by atoms with Crippen LogP contribution < -0.4 is 0 Å². The number of benzene rings is 2. The van der Waals surface area contributed by atoms with E-state index < -0.39 is 0 Å². The lowest BCUT2D eigenvalue weighted by Gasteiger charge is -2.29. The zero-order chi connectivity index (χ0) is 14.5. The highest BCUT2D eigenvalue weighted by molar-refractivity contribution is 5.94. The van der Waals surface area contributed by atoms with E-state index in [0.29, 0.717) is 0 Å². The van der Waals surface area contributed by atoms with Gasteiger partial charge in [0, 0.05) is 13.8 Å². The third-order valence-electron chi connectivity index (χ3n) is 3.17. The smallest absolute Gasteiger partial charge is 0.226 e. The maximum Gasteiger partial charge on any atom is 0.226 e. The number of hydrogen-bond acceptors (Lipinski definition) is 2. The summed E-state index contributed by atoms with van der Waals surface area (Å²) in [6.45, 7) is 2.83. The molecule has 0 spiro atoms. The van der Waals surface area contributed by atoms with Crippen LogP contribution >= 0.6 is 0 Å². The summed E-state index contributed by atoms with van der Waals surface area (Å²) in [4.78, 5) is 25.1. The van der Waals surface area contributed by atoms with Crippen LogP contribution in [-0.2, 0) is 9.59 Å². The van der Waals surface area contributed by atoms with Crippen LogP contribution in [0.15, 0.2) is 60.7 Å². The van der Waals surface area contributed by atoms with Gasteiger partial charge in [-0.25, -0.2) is 0 Å². The van der Waals surface area contributed by atoms with Gasteiger partial charge in [0.05, 0.1) is 6.04 Å². The number of amides is 2. The molecule has 2 rings (SSSR count). The van der Waals surface area contributed by atoms with Crippen LogP contribution in [-0.4, -0.2) is 16.7 Å². The van der Waals surface area contributed by atoms with Gasteiger partial charge in [-0.1, -0.05) is 60.7 Å². The molecule has 0 saturated carbocycles. The Morgan fingerprint density at radius 2 is 1.10 bits per heavy atom. The van der Waals surface area contributed by atoms with Crippen LogP contribution in [0.4, 0.5) is 0 Å². The maximum atomic E-state index is 11.9. The predicted molar refractivity (Wildman–Crippen MR) is 77.9 cm³/mol. The molecule has 3 nitrogen and oxygen atoms in total. The molecule has 0 unspecified atom stereocenters. The highest BCUT2D eigenvalue weighted by Crippen LogP contribution is 2.28. The fourth-order valence-electron chi connectivity index (χ4n) is 2.35. The minimum atomic E-state index is -0.382. The van der Waals surface area contributed by atoms with Gasteiger partial charge < -0.3 is 0 Å². The van der Waals surface area contributed by atoms with Crippen molar-refractivity contribution in [2.24, 2.45) is 0 Å². The summed E-state index contributed by atoms with van der Waals surface area (Å²) in [5.74, 6) is -0.509. The van der Waals surface area contributed by atoms with Gasteiger partial charge >= 0.3 is 0 Å². The molecule has 0 aliphatic heterocycles. The lowest BCUT2D eigenvalue weighted by molar-refractivity contribution is -0.144. The van der Waals surface area contributed by atoms with Gasteiger partial charge in [-0.2, -0.15) is 0 Å². The van der Waals surface area contributed by atoms with E-state index in [1.165, 1.54) is 18.7 Å². The monoisotopic (exact) mass is 267 g/mol. The molecule has 0 heterocycles. The zero-order valence-corrected chi connectivity index (χ0v) is 11.6. The molecule has 2 aromatic carbocycles. The number of imide groups is 1. The van der Waals surface area contributed by atoms with Crippen LogP contribution in [0.25, 0.3) is 0 Å². The molecule has 0 atom stereocenters. The highest BCUT2D eigenvalue weighted by atomic mass is 16.2. The first-order valence-electron chi connectivity index (χ1n) is 6.51. The maximum absolute atomic E-state index is 11.9. The molecule has 0 fully saturated rings. The van der Waals surface area contributed by atoms with Gasteiger partial charge in [-0.3, -0.25) is 14.5 Å². The first kappa shape index (κ1) is 14.0. The molecule has 0 aliphatic carbocycles. The molecule has 102 valence electrons. The van der Waals surface area contributed by atoms with E-state index in [-0.39, 0.29) is 17.9 Å². The second kappa shape index (κ2) is 6.15. The third kappa shape index (κ3) is 2.94. The van der Waals surface area contributed by atoms with Crippen molar-refractivity contribution in [1.82, 2.24) is 4.90 Å². The Morgan fingerprint density at radius 1 is 0.750 bits per heavy atom. The third-order valence-corrected chi connectivity index (χ3v) is 3.17. The number of carbonyl (C=O) groups excluding carboxylic acids is 2. The largest absolute Gasteiger partial charge is 0.275 e. The van der Waals surface area contributed by atoms with Crippen LogP contribution in [0, 0.1) is 0 Å². The van der Waals surface area contributed by atoms with Gasteiger partial charge in [-0.15, -0.1) is 0 Å². The number of rotatable bonds is 3. The topological polar surface area (TPSA) is 37.4 Å². The van der Waals surface area contributed by atoms with Crippen molar-refractivity contribution < 1.29 is 9.59 Å². The van der Waals surface area contributed by atoms with Crippen molar-refractivity contribution in [3.05, 3.63) is 71.8 Å². The molecule has 0 aromatic heterocycles. The van der Waals surface area contributed by atoms with Crippen LogP contribution in [0.2, 0.25) is 0 Å². The summed E-state index contributed by atoms with van der Waals surface area (Å²) in [6.07, 6.45) is 0. The van der Waals surface area contributed by atoms with Crippen molar-refractivity contribution >= 4 is 11.8 Å². The molecule has 0 aliphatic rings. The Morgan fingerprint density at radius 3 is 1.40 bits per heavy atom. The Balaban J connectivity index is 2.55. The molecule has 2 amide bonds. The summed E-state index contributed by atoms with van der Waals surface area (Å²) in [5.41, 5.74) is 1.84. The van der Waals surface area contributed by atoms with Gasteiger partial charge in [0.2, 0.25) is 11.8 Å². The van der Waals surface area contributed by atoms with E-state index in [1.807, 2.05) is 60.7 Å². The Kier molecular flexibility index (Phi) is 4.31. The average Bonchev–Trinajstić information content (AvgIpc) is 2.45. The van der Waals surface area contributed by atoms with Crippen LogP contribution in [0.1, 0.15) is 31.0 Å². The van der Waals surface area contributed by atoms with Crippen molar-refractivity contribution in [2.45, 2.75) is 19.9 Å². The summed E-state index contributed by atoms with van der Waals surface area (Å²) in [6, 6.07) is 18.8. The van der Waals surface area contributed by atoms with Crippen LogP contribution in [0.3, 0.4) is 0 Å². The van der Waals surface area contributed by atoms with E-state index in [9.17, 15) is 9.59 Å². The normalized spacial score (nSPS) is 10.3. The lowest BCUT2D eigenvalue weighted by Crippen LogP contribution is -2.37. The summed E-state index contributed by atoms with van der Waals surface area (Å²) in [7, 11) is 0. The minimum Gasteiger partial charge on any atom is -0.275 e. The number of hydrogen-bond donors (Lipinski definition) is 0. The number of nitrogens with zero attached hydrogens (tertiary/aromatic N) is 1. The molecule has 0 saturated heterocycles. The van der Waals surface area contributed by atoms with Gasteiger partial charge in [0.15, 0.2) is 0 Å². The summed E-state index contributed by atoms with van der Waals surface area (Å²) < 4.78 is 0. The molecular formula is C17H17NO2. The minimum absolute atomic E-state index is 0.254. The van der Waals surface area contributed by atoms with Crippen molar-refractivity contribution in [3.8, 4) is 0 Å². The zero-order valence-electron chi connectivity index (χ0n) is 11.6. The Labute approximate surface area is 118 Å². The average molecular weight is 267 g/mol. The second-order valence-corrected chi connectivity index (χ2v) is 4.63. The van der Waals surface area contributed by atoms with Crippen molar-refractivity contribution in [3.63, 3.8) is 0 Å². The fourth-order valence-corrected chi connectivity index (χ4v) is 2.35. The molecular weight excluding hydrogens is 250 g/mol. The molecule has 0 N–H and O–H groups in total. The molecule has 3 heteroatoms. The SMILES string of the molecule is CC(=O)N(C(C)=O)C(c1ccccc1)c1ccccc1. The number of carbonyl (C=O) groups is 2. The van der Waals surface area contributed by atoms with Crippen molar-refractivity contribution in [2.75, 3.05) is 0 Å². The quantitative estimate of drug-likeness (QED) is 0.856. The van der Waals surface area contributed by atoms with E-state index in [0.717, 1.165) is 11.1 Å². The first-order chi connectivity index (χ1) is 9.61. The standard InChI is InChI=1S/C17H17NO2/c1-13(19)18(14(2)20)17(15-9-5-3-6-10-15)16-11-7-4-8-12-16/h3-12,17H,1-2H3. The van der Waals surface area contributed by atoms with Gasteiger partial charge in [-0.05, 0) is 11.1 Å². The van der Waals surface area contributed by atoms with Crippen molar-refractivity contribution in [1.29, 1.82) is 0 Å². The van der Waals surface area contributed by atoms with Gasteiger partial charge in [0.1, 0.15) is 0 Å². The molecule has 2 aromatic rings. The molecule has 0 bridgehead atoms. The fraction of sp³-hybridized carbons (Fsp3) is 0.176. The predicted octanol–water partition coefficient (Wildman–Crippen LogP) is 3.17. The van der Waals surface area contributed by atoms with Crippen LogP contribution in [0.5, 0.6) is 0 Å². The Bertz CT molecular complexity index is 539. The summed E-state index contributed by atoms with van der Waals surface area (Å²) in [5, 5.41) is 0. The van der Waals surface area contributed by atoms with E-state index in [1.54, 1.807) is 0 Å². The second-order valence-electron chi connectivity index (χ2n) is 4.63. The highest BCUT2D eigenvalue weighted by Gasteiger charge is 2.27. The van der Waals surface area contributed by atoms with E-state index in [2.05, 4.69) is 0 Å². The molecule has 0 radical (unpaired) electrons. The van der Waals surface area contributed by atoms with E-state index in [4.69, 9.17) is 0 Å². The molecule has 20 heavy (non-hydrogen) atoms. The lowest BCUT2D eigenvalue weighted by atomic mass is 9.97. The van der Waals surface area contributed by atoms with E-state index >= 15 is 0 Å². The first-order valence-corrected chi connectivity index (χ1v) is 6.51. The Hall–Kier alpha value is -2.42. The van der Waals surface area contributed by atoms with Gasteiger partial charge in [0.25, 0.3) is 0 Å².